The third-order valence-corrected chi connectivity index (χ3v) is 6.18. The molecule has 0 radical (unpaired) electrons. The van der Waals surface area contributed by atoms with E-state index in [0.717, 1.165) is 18.6 Å². The summed E-state index contributed by atoms with van der Waals surface area (Å²) in [5, 5.41) is 17.8. The lowest BCUT2D eigenvalue weighted by Gasteiger charge is -2.34. The quantitative estimate of drug-likeness (QED) is 0.614. The topological polar surface area (TPSA) is 77.3 Å². The summed E-state index contributed by atoms with van der Waals surface area (Å²) in [5.74, 6) is -0.277. The highest BCUT2D eigenvalue weighted by Gasteiger charge is 2.31. The summed E-state index contributed by atoms with van der Waals surface area (Å²) in [5.41, 5.74) is 1.63. The van der Waals surface area contributed by atoms with E-state index < -0.39 is 11.7 Å². The van der Waals surface area contributed by atoms with Crippen LogP contribution in [0.15, 0.2) is 36.5 Å². The number of aryl methyl sites for hydroxylation is 1. The van der Waals surface area contributed by atoms with Gasteiger partial charge in [-0.1, -0.05) is 19.1 Å². The maximum Gasteiger partial charge on any atom is 0.416 e. The summed E-state index contributed by atoms with van der Waals surface area (Å²) in [4.78, 5) is 19.0. The minimum Gasteiger partial charge on any atom is -0.396 e. The average Bonchev–Trinajstić information content (AvgIpc) is 2.79. The van der Waals surface area contributed by atoms with Crippen LogP contribution in [-0.2, 0) is 6.18 Å². The van der Waals surface area contributed by atoms with Crippen molar-refractivity contribution in [3.8, 4) is 11.1 Å². The second-order valence-corrected chi connectivity index (χ2v) is 8.28. The van der Waals surface area contributed by atoms with Crippen molar-refractivity contribution in [3.05, 3.63) is 53.3 Å². The Labute approximate surface area is 185 Å². The average molecular weight is 448 g/mol. The Morgan fingerprint density at radius 1 is 1.25 bits per heavy atom. The summed E-state index contributed by atoms with van der Waals surface area (Å²) < 4.78 is 39.0. The monoisotopic (exact) mass is 447 g/mol. The fourth-order valence-electron chi connectivity index (χ4n) is 4.16. The molecule has 3 rings (SSSR count). The number of aliphatic hydroxyl groups is 1. The largest absolute Gasteiger partial charge is 0.416 e. The second kappa shape index (κ2) is 9.81. The molecule has 0 spiro atoms. The van der Waals surface area contributed by atoms with Crippen molar-refractivity contribution in [2.75, 3.05) is 19.7 Å². The Hall–Kier alpha value is -2.74. The molecule has 0 bridgehead atoms. The molecule has 5 nitrogen and oxygen atoms in total. The minimum absolute atomic E-state index is 0.0319. The zero-order valence-electron chi connectivity index (χ0n) is 18.2. The molecule has 172 valence electrons. The molecular formula is C24H28F3N3O2. The highest BCUT2D eigenvalue weighted by atomic mass is 19.4. The molecule has 1 amide bonds. The van der Waals surface area contributed by atoms with Crippen LogP contribution in [0, 0.1) is 24.2 Å². The molecule has 2 heterocycles. The molecule has 1 aromatic heterocycles. The van der Waals surface area contributed by atoms with Crippen LogP contribution in [0.3, 0.4) is 0 Å². The summed E-state index contributed by atoms with van der Waals surface area (Å²) >= 11 is 0. The van der Waals surface area contributed by atoms with Crippen molar-refractivity contribution in [1.82, 2.24) is 9.88 Å². The van der Waals surface area contributed by atoms with Crippen molar-refractivity contribution in [3.63, 3.8) is 0 Å². The van der Waals surface area contributed by atoms with Crippen LogP contribution in [0.2, 0.25) is 0 Å². The smallest absolute Gasteiger partial charge is 0.396 e. The van der Waals surface area contributed by atoms with Crippen molar-refractivity contribution in [1.29, 1.82) is 5.41 Å². The second-order valence-electron chi connectivity index (χ2n) is 8.28. The number of carbonyl (C=O) groups is 1. The first-order chi connectivity index (χ1) is 15.2. The number of rotatable bonds is 6. The van der Waals surface area contributed by atoms with Crippen LogP contribution >= 0.6 is 0 Å². The van der Waals surface area contributed by atoms with Gasteiger partial charge < -0.3 is 15.4 Å². The van der Waals surface area contributed by atoms with E-state index >= 15 is 0 Å². The summed E-state index contributed by atoms with van der Waals surface area (Å²) in [7, 11) is 0. The number of carbonyl (C=O) groups excluding carboxylic acids is 1. The van der Waals surface area contributed by atoms with E-state index in [2.05, 4.69) is 4.98 Å². The first-order valence-corrected chi connectivity index (χ1v) is 10.8. The van der Waals surface area contributed by atoms with Gasteiger partial charge in [-0.3, -0.25) is 9.78 Å². The van der Waals surface area contributed by atoms with Gasteiger partial charge in [0.05, 0.1) is 12.2 Å². The molecular weight excluding hydrogens is 419 g/mol. The number of piperidine rings is 1. The number of amides is 1. The third-order valence-electron chi connectivity index (χ3n) is 6.18. The molecule has 1 aliphatic rings. The number of pyridine rings is 1. The number of nitrogens with zero attached hydrogens (tertiary/aromatic N) is 2. The van der Waals surface area contributed by atoms with Crippen LogP contribution in [0.25, 0.3) is 11.1 Å². The molecule has 2 aromatic rings. The number of hydrogen-bond donors (Lipinski definition) is 2. The Morgan fingerprint density at radius 2 is 1.94 bits per heavy atom. The highest BCUT2D eigenvalue weighted by Crippen LogP contribution is 2.32. The molecule has 0 saturated carbocycles. The van der Waals surface area contributed by atoms with E-state index in [1.54, 1.807) is 24.0 Å². The van der Waals surface area contributed by atoms with Gasteiger partial charge in [0.25, 0.3) is 5.91 Å². The number of alkyl halides is 3. The van der Waals surface area contributed by atoms with Crippen molar-refractivity contribution in [2.24, 2.45) is 11.8 Å². The molecule has 2 N–H and O–H groups in total. The summed E-state index contributed by atoms with van der Waals surface area (Å²) in [6.45, 7) is 4.66. The van der Waals surface area contributed by atoms with Crippen LogP contribution in [-0.4, -0.2) is 46.3 Å². The van der Waals surface area contributed by atoms with Crippen molar-refractivity contribution >= 4 is 11.6 Å². The highest BCUT2D eigenvalue weighted by molar-refractivity contribution is 5.94. The van der Waals surface area contributed by atoms with Gasteiger partial charge in [-0.05, 0) is 55.5 Å². The Balaban J connectivity index is 1.71. The minimum atomic E-state index is -4.43. The maximum absolute atomic E-state index is 13.0. The normalized spacial score (nSPS) is 16.1. The molecule has 1 aliphatic heterocycles. The molecule has 1 fully saturated rings. The fourth-order valence-corrected chi connectivity index (χ4v) is 4.16. The predicted molar refractivity (Wildman–Crippen MR) is 117 cm³/mol. The standard InChI is InChI=1S/C24H28F3N3O2/c1-3-16(14-31)21(28)17-7-9-30(10-8-17)23(32)22-15(2)11-19(13-29-22)18-5-4-6-20(12-18)24(25,26)27/h4-6,11-13,16-17,28,31H,3,7-10,14H2,1-2H3/t16-/m1/s1. The van der Waals surface area contributed by atoms with Gasteiger partial charge in [0.15, 0.2) is 0 Å². The Morgan fingerprint density at radius 3 is 2.50 bits per heavy atom. The number of nitrogens with one attached hydrogen (secondary N) is 1. The number of aromatic nitrogens is 1. The van der Waals surface area contributed by atoms with E-state index in [1.165, 1.54) is 12.3 Å². The lowest BCUT2D eigenvalue weighted by molar-refractivity contribution is -0.137. The van der Waals surface area contributed by atoms with Gasteiger partial charge in [0.2, 0.25) is 0 Å². The number of benzene rings is 1. The third kappa shape index (κ3) is 5.18. The molecule has 8 heteroatoms. The molecule has 1 aromatic carbocycles. The number of aliphatic hydroxyl groups excluding tert-OH is 1. The maximum atomic E-state index is 13.0. The van der Waals surface area contributed by atoms with Gasteiger partial charge in [-0.15, -0.1) is 0 Å². The predicted octanol–water partition coefficient (Wildman–Crippen LogP) is 4.97. The zero-order valence-corrected chi connectivity index (χ0v) is 18.2. The SMILES string of the molecule is CC[C@H](CO)C(=N)C1CCN(C(=O)c2ncc(-c3cccc(C(F)(F)F)c3)cc2C)CC1. The van der Waals surface area contributed by atoms with Crippen LogP contribution < -0.4 is 0 Å². The summed E-state index contributed by atoms with van der Waals surface area (Å²) in [6.07, 6.45) is -0.933. The first-order valence-electron chi connectivity index (χ1n) is 10.8. The lowest BCUT2D eigenvalue weighted by Crippen LogP contribution is -2.42. The summed E-state index contributed by atoms with van der Waals surface area (Å²) in [6, 6.07) is 6.73. The lowest BCUT2D eigenvalue weighted by atomic mass is 9.84. The van der Waals surface area contributed by atoms with Crippen molar-refractivity contribution in [2.45, 2.75) is 39.3 Å². The van der Waals surface area contributed by atoms with Gasteiger partial charge in [0.1, 0.15) is 5.69 Å². The first kappa shape index (κ1) is 23.9. The molecule has 0 aliphatic carbocycles. The van der Waals surface area contributed by atoms with Crippen molar-refractivity contribution < 1.29 is 23.1 Å². The van der Waals surface area contributed by atoms with Gasteiger partial charge in [0, 0.05) is 42.4 Å². The van der Waals surface area contributed by atoms with E-state index in [-0.39, 0.29) is 30.0 Å². The number of hydrogen-bond acceptors (Lipinski definition) is 4. The molecule has 0 unspecified atom stereocenters. The fraction of sp³-hybridized carbons (Fsp3) is 0.458. The van der Waals surface area contributed by atoms with E-state index in [1.807, 2.05) is 6.92 Å². The van der Waals surface area contributed by atoms with E-state index in [4.69, 9.17) is 5.41 Å². The number of halogens is 3. The van der Waals surface area contributed by atoms with E-state index in [0.29, 0.717) is 48.3 Å². The van der Waals surface area contributed by atoms with Crippen LogP contribution in [0.1, 0.15) is 47.8 Å². The van der Waals surface area contributed by atoms with Gasteiger partial charge >= 0.3 is 6.18 Å². The Bertz CT molecular complexity index is 979. The molecule has 1 atom stereocenters. The van der Waals surface area contributed by atoms with Crippen LogP contribution in [0.5, 0.6) is 0 Å². The Kier molecular flexibility index (Phi) is 7.33. The zero-order chi connectivity index (χ0) is 23.5. The van der Waals surface area contributed by atoms with E-state index in [9.17, 15) is 23.1 Å². The van der Waals surface area contributed by atoms with Gasteiger partial charge in [-0.2, -0.15) is 13.2 Å². The van der Waals surface area contributed by atoms with Gasteiger partial charge in [-0.25, -0.2) is 0 Å². The molecule has 1 saturated heterocycles. The number of likely N-dealkylation sites (tertiary alicyclic amines) is 1. The van der Waals surface area contributed by atoms with Crippen LogP contribution in [0.4, 0.5) is 13.2 Å². The molecule has 32 heavy (non-hydrogen) atoms.